The number of hydrogen-bond acceptors (Lipinski definition) is 4. The lowest BCUT2D eigenvalue weighted by molar-refractivity contribution is -0.115. The first kappa shape index (κ1) is 20.0. The van der Waals surface area contributed by atoms with Gasteiger partial charge in [0.2, 0.25) is 5.91 Å². The molecule has 1 N–H and O–H groups in total. The number of aromatic nitrogens is 2. The molecule has 0 bridgehead atoms. The van der Waals surface area contributed by atoms with E-state index in [0.717, 1.165) is 27.3 Å². The van der Waals surface area contributed by atoms with E-state index in [1.165, 1.54) is 11.8 Å². The third-order valence-electron chi connectivity index (χ3n) is 4.92. The average Bonchev–Trinajstić information content (AvgIpc) is 3.08. The normalized spacial score (nSPS) is 12.0. The smallest absolute Gasteiger partial charge is 0.242 e. The zero-order valence-corrected chi connectivity index (χ0v) is 17.9. The van der Waals surface area contributed by atoms with Gasteiger partial charge in [0.1, 0.15) is 11.0 Å². The molecule has 5 nitrogen and oxygen atoms in total. The molecular formula is C24H23N3O2S. The molecule has 0 spiro atoms. The van der Waals surface area contributed by atoms with Gasteiger partial charge in [-0.2, -0.15) is 0 Å². The molecule has 0 fully saturated rings. The Hall–Kier alpha value is -3.25. The molecule has 3 aromatic carbocycles. The summed E-state index contributed by atoms with van der Waals surface area (Å²) in [4.78, 5) is 18.1. The maximum atomic E-state index is 13.4. The summed E-state index contributed by atoms with van der Waals surface area (Å²) >= 11 is 1.44. The van der Waals surface area contributed by atoms with Gasteiger partial charge in [0.15, 0.2) is 5.16 Å². The summed E-state index contributed by atoms with van der Waals surface area (Å²) in [6.45, 7) is 1.98. The fraction of sp³-hybridized carbons (Fsp3) is 0.167. The highest BCUT2D eigenvalue weighted by molar-refractivity contribution is 8.00. The molecule has 0 unspecified atom stereocenters. The Bertz CT molecular complexity index is 1190. The largest absolute Gasteiger partial charge is 0.495 e. The molecule has 0 aliphatic rings. The molecule has 152 valence electrons. The molecular weight excluding hydrogens is 394 g/mol. The van der Waals surface area contributed by atoms with E-state index in [4.69, 9.17) is 9.72 Å². The quantitative estimate of drug-likeness (QED) is 0.429. The molecule has 0 aliphatic carbocycles. The number of aryl methyl sites for hydroxylation is 2. The molecule has 4 rings (SSSR count). The van der Waals surface area contributed by atoms with Crippen LogP contribution in [-0.4, -0.2) is 22.6 Å². The second-order valence-electron chi connectivity index (χ2n) is 7.04. The van der Waals surface area contributed by atoms with Crippen LogP contribution in [0.15, 0.2) is 78.0 Å². The van der Waals surface area contributed by atoms with Gasteiger partial charge in [-0.3, -0.25) is 4.79 Å². The molecule has 1 atom stereocenters. The number of nitrogens with zero attached hydrogens (tertiary/aromatic N) is 2. The van der Waals surface area contributed by atoms with E-state index in [-0.39, 0.29) is 5.91 Å². The predicted octanol–water partition coefficient (Wildman–Crippen LogP) is 5.36. The van der Waals surface area contributed by atoms with Crippen LogP contribution in [0.5, 0.6) is 5.75 Å². The number of imidazole rings is 1. The number of benzene rings is 3. The first-order chi connectivity index (χ1) is 14.6. The van der Waals surface area contributed by atoms with Gasteiger partial charge in [-0.25, -0.2) is 4.98 Å². The third-order valence-corrected chi connectivity index (χ3v) is 6.22. The van der Waals surface area contributed by atoms with Crippen molar-refractivity contribution in [3.63, 3.8) is 0 Å². The summed E-state index contributed by atoms with van der Waals surface area (Å²) in [5.41, 5.74) is 4.57. The van der Waals surface area contributed by atoms with Crippen LogP contribution in [-0.2, 0) is 11.8 Å². The van der Waals surface area contributed by atoms with Crippen LogP contribution in [0.25, 0.3) is 11.0 Å². The number of amides is 1. The average molecular weight is 418 g/mol. The van der Waals surface area contributed by atoms with Crippen molar-refractivity contribution in [1.82, 2.24) is 9.55 Å². The zero-order valence-electron chi connectivity index (χ0n) is 17.1. The van der Waals surface area contributed by atoms with Gasteiger partial charge in [0.05, 0.1) is 23.8 Å². The molecule has 0 saturated carbocycles. The second-order valence-corrected chi connectivity index (χ2v) is 8.12. The number of thioether (sulfide) groups is 1. The molecule has 30 heavy (non-hydrogen) atoms. The van der Waals surface area contributed by atoms with E-state index in [1.54, 1.807) is 7.11 Å². The van der Waals surface area contributed by atoms with Crippen LogP contribution < -0.4 is 10.1 Å². The number of anilines is 1. The van der Waals surface area contributed by atoms with Crippen LogP contribution in [0.2, 0.25) is 0 Å². The van der Waals surface area contributed by atoms with Gasteiger partial charge in [-0.15, -0.1) is 0 Å². The molecule has 1 aromatic heterocycles. The standard InChI is InChI=1S/C24H23N3O2S/c1-16-13-14-21(29-3)19(15-16)25-23(28)22(17-9-5-4-6-10-17)30-24-26-18-11-7-8-12-20(18)27(24)2/h4-15,22H,1-3H3,(H,25,28)/t22-/m0/s1. The van der Waals surface area contributed by atoms with E-state index in [0.29, 0.717) is 11.4 Å². The number of ether oxygens (including phenoxy) is 1. The summed E-state index contributed by atoms with van der Waals surface area (Å²) in [6.07, 6.45) is 0. The van der Waals surface area contributed by atoms with Crippen molar-refractivity contribution in [3.05, 3.63) is 83.9 Å². The number of hydrogen-bond donors (Lipinski definition) is 1. The first-order valence-corrected chi connectivity index (χ1v) is 10.5. The van der Waals surface area contributed by atoms with Crippen molar-refractivity contribution >= 4 is 34.4 Å². The third kappa shape index (κ3) is 4.04. The number of carbonyl (C=O) groups is 1. The van der Waals surface area contributed by atoms with Crippen molar-refractivity contribution in [3.8, 4) is 5.75 Å². The van der Waals surface area contributed by atoms with Crippen molar-refractivity contribution < 1.29 is 9.53 Å². The Morgan fingerprint density at radius 1 is 1.07 bits per heavy atom. The Morgan fingerprint density at radius 2 is 1.80 bits per heavy atom. The predicted molar refractivity (Wildman–Crippen MR) is 122 cm³/mol. The molecule has 0 saturated heterocycles. The molecule has 1 amide bonds. The van der Waals surface area contributed by atoms with E-state index in [9.17, 15) is 4.79 Å². The monoisotopic (exact) mass is 417 g/mol. The zero-order chi connectivity index (χ0) is 21.1. The Balaban J connectivity index is 1.69. The molecule has 4 aromatic rings. The van der Waals surface area contributed by atoms with Crippen molar-refractivity contribution in [1.29, 1.82) is 0 Å². The second kappa shape index (κ2) is 8.63. The van der Waals surface area contributed by atoms with Gasteiger partial charge >= 0.3 is 0 Å². The maximum absolute atomic E-state index is 13.4. The van der Waals surface area contributed by atoms with Gasteiger partial charge < -0.3 is 14.6 Å². The molecule has 1 heterocycles. The Labute approximate surface area is 180 Å². The molecule has 6 heteroatoms. The topological polar surface area (TPSA) is 56.1 Å². The SMILES string of the molecule is COc1ccc(C)cc1NC(=O)[C@@H](Sc1nc2ccccc2n1C)c1ccccc1. The van der Waals surface area contributed by atoms with E-state index in [2.05, 4.69) is 5.32 Å². The van der Waals surface area contributed by atoms with Gasteiger partial charge in [-0.05, 0) is 42.3 Å². The lowest BCUT2D eigenvalue weighted by Crippen LogP contribution is -2.20. The number of methoxy groups -OCH3 is 1. The lowest BCUT2D eigenvalue weighted by atomic mass is 10.1. The van der Waals surface area contributed by atoms with Crippen LogP contribution in [0.4, 0.5) is 5.69 Å². The highest BCUT2D eigenvalue weighted by Crippen LogP contribution is 2.37. The van der Waals surface area contributed by atoms with Gasteiger partial charge in [0.25, 0.3) is 0 Å². The van der Waals surface area contributed by atoms with E-state index in [1.807, 2.05) is 91.3 Å². The van der Waals surface area contributed by atoms with Gasteiger partial charge in [0, 0.05) is 7.05 Å². The number of para-hydroxylation sites is 2. The fourth-order valence-corrected chi connectivity index (χ4v) is 4.43. The minimum absolute atomic E-state index is 0.123. The van der Waals surface area contributed by atoms with Crippen LogP contribution in [0.1, 0.15) is 16.4 Å². The number of fused-ring (bicyclic) bond motifs is 1. The summed E-state index contributed by atoms with van der Waals surface area (Å²) < 4.78 is 7.45. The van der Waals surface area contributed by atoms with Crippen molar-refractivity contribution in [2.45, 2.75) is 17.3 Å². The highest BCUT2D eigenvalue weighted by atomic mass is 32.2. The summed E-state index contributed by atoms with van der Waals surface area (Å²) in [5.74, 6) is 0.510. The molecule has 0 aliphatic heterocycles. The van der Waals surface area contributed by atoms with Crippen LogP contribution in [0, 0.1) is 6.92 Å². The first-order valence-electron chi connectivity index (χ1n) is 9.65. The van der Waals surface area contributed by atoms with E-state index < -0.39 is 5.25 Å². The Kier molecular flexibility index (Phi) is 5.77. The summed E-state index contributed by atoms with van der Waals surface area (Å²) in [6, 6.07) is 23.5. The highest BCUT2D eigenvalue weighted by Gasteiger charge is 2.25. The lowest BCUT2D eigenvalue weighted by Gasteiger charge is -2.18. The minimum atomic E-state index is -0.466. The summed E-state index contributed by atoms with van der Waals surface area (Å²) in [7, 11) is 3.57. The number of nitrogens with one attached hydrogen (secondary N) is 1. The maximum Gasteiger partial charge on any atom is 0.242 e. The Morgan fingerprint density at radius 3 is 2.53 bits per heavy atom. The summed E-state index contributed by atoms with van der Waals surface area (Å²) in [5, 5.41) is 3.38. The van der Waals surface area contributed by atoms with Crippen LogP contribution in [0.3, 0.4) is 0 Å². The van der Waals surface area contributed by atoms with Gasteiger partial charge in [-0.1, -0.05) is 60.3 Å². The van der Waals surface area contributed by atoms with Crippen molar-refractivity contribution in [2.24, 2.45) is 7.05 Å². The van der Waals surface area contributed by atoms with Crippen LogP contribution >= 0.6 is 11.8 Å². The van der Waals surface area contributed by atoms with E-state index >= 15 is 0 Å². The molecule has 0 radical (unpaired) electrons. The number of rotatable bonds is 6. The number of carbonyl (C=O) groups excluding carboxylic acids is 1. The fourth-order valence-electron chi connectivity index (χ4n) is 3.35. The van der Waals surface area contributed by atoms with Crippen molar-refractivity contribution in [2.75, 3.05) is 12.4 Å². The minimum Gasteiger partial charge on any atom is -0.495 e.